The monoisotopic (exact) mass is 275 g/mol. The molecule has 0 bridgehead atoms. The third kappa shape index (κ3) is 5.23. The quantitative estimate of drug-likeness (QED) is 0.860. The summed E-state index contributed by atoms with van der Waals surface area (Å²) in [5.41, 5.74) is 7.62. The molecule has 1 aliphatic heterocycles. The highest BCUT2D eigenvalue weighted by molar-refractivity contribution is 5.15. The van der Waals surface area contributed by atoms with Crippen molar-refractivity contribution >= 4 is 0 Å². The lowest BCUT2D eigenvalue weighted by molar-refractivity contribution is 0.172. The third-order valence-electron chi connectivity index (χ3n) is 4.29. The molecule has 1 aromatic carbocycles. The van der Waals surface area contributed by atoms with Crippen LogP contribution in [0.2, 0.25) is 0 Å². The van der Waals surface area contributed by atoms with Gasteiger partial charge in [0.25, 0.3) is 0 Å². The van der Waals surface area contributed by atoms with Crippen molar-refractivity contribution in [3.63, 3.8) is 0 Å². The second kappa shape index (κ2) is 7.77. The van der Waals surface area contributed by atoms with Gasteiger partial charge in [0.05, 0.1) is 0 Å². The Bertz CT molecular complexity index is 371. The van der Waals surface area contributed by atoms with Gasteiger partial charge in [0.2, 0.25) is 0 Å². The molecule has 2 rings (SSSR count). The second-order valence-corrected chi connectivity index (χ2v) is 6.42. The molecule has 1 fully saturated rings. The molecule has 1 atom stereocenters. The summed E-state index contributed by atoms with van der Waals surface area (Å²) in [7, 11) is 4.43. The van der Waals surface area contributed by atoms with E-state index in [1.54, 1.807) is 0 Å². The van der Waals surface area contributed by atoms with Gasteiger partial charge in [-0.15, -0.1) is 0 Å². The van der Waals surface area contributed by atoms with Gasteiger partial charge in [0.15, 0.2) is 0 Å². The van der Waals surface area contributed by atoms with Gasteiger partial charge < -0.3 is 15.5 Å². The lowest BCUT2D eigenvalue weighted by Gasteiger charge is -2.32. The molecule has 1 aromatic rings. The van der Waals surface area contributed by atoms with Crippen molar-refractivity contribution < 1.29 is 0 Å². The van der Waals surface area contributed by atoms with E-state index in [9.17, 15) is 0 Å². The minimum absolute atomic E-state index is 0.230. The Morgan fingerprint density at radius 3 is 2.55 bits per heavy atom. The van der Waals surface area contributed by atoms with Crippen LogP contribution in [0.4, 0.5) is 0 Å². The molecule has 3 nitrogen and oxygen atoms in total. The summed E-state index contributed by atoms with van der Waals surface area (Å²) in [5.74, 6) is 0.847. The van der Waals surface area contributed by atoms with Gasteiger partial charge in [0, 0.05) is 19.1 Å². The molecule has 1 aliphatic rings. The molecule has 0 aliphatic carbocycles. The zero-order chi connectivity index (χ0) is 14.4. The van der Waals surface area contributed by atoms with Crippen molar-refractivity contribution in [2.75, 3.05) is 40.3 Å². The van der Waals surface area contributed by atoms with E-state index < -0.39 is 0 Å². The van der Waals surface area contributed by atoms with E-state index in [-0.39, 0.29) is 6.04 Å². The summed E-state index contributed by atoms with van der Waals surface area (Å²) in [4.78, 5) is 4.85. The maximum Gasteiger partial charge on any atom is 0.0208 e. The lowest BCUT2D eigenvalue weighted by Crippen LogP contribution is -2.41. The fraction of sp³-hybridized carbons (Fsp3) is 0.647. The molecule has 0 spiro atoms. The lowest BCUT2D eigenvalue weighted by atomic mass is 9.96. The van der Waals surface area contributed by atoms with E-state index in [1.165, 1.54) is 38.0 Å². The molecule has 112 valence electrons. The molecule has 1 unspecified atom stereocenters. The summed E-state index contributed by atoms with van der Waals surface area (Å²) in [6, 6.07) is 10.8. The first-order valence-electron chi connectivity index (χ1n) is 7.80. The smallest absolute Gasteiger partial charge is 0.0208 e. The first-order valence-corrected chi connectivity index (χ1v) is 7.80. The summed E-state index contributed by atoms with van der Waals surface area (Å²) < 4.78 is 0. The van der Waals surface area contributed by atoms with Crippen molar-refractivity contribution in [3.8, 4) is 0 Å². The average Bonchev–Trinajstić information content (AvgIpc) is 2.42. The largest absolute Gasteiger partial charge is 0.326 e. The number of nitrogens with two attached hydrogens (primary N) is 1. The van der Waals surface area contributed by atoms with Crippen molar-refractivity contribution in [1.82, 2.24) is 9.80 Å². The molecule has 0 amide bonds. The maximum absolute atomic E-state index is 6.28. The number of likely N-dealkylation sites (N-methyl/N-ethyl adjacent to an activating group) is 1. The summed E-state index contributed by atoms with van der Waals surface area (Å²) >= 11 is 0. The molecule has 0 aromatic heterocycles. The van der Waals surface area contributed by atoms with E-state index in [0.29, 0.717) is 0 Å². The van der Waals surface area contributed by atoms with Crippen LogP contribution < -0.4 is 5.73 Å². The van der Waals surface area contributed by atoms with Gasteiger partial charge in [-0.05, 0) is 57.9 Å². The second-order valence-electron chi connectivity index (χ2n) is 6.42. The first-order chi connectivity index (χ1) is 9.63. The molecule has 20 heavy (non-hydrogen) atoms. The Hall–Kier alpha value is -0.900. The van der Waals surface area contributed by atoms with Crippen molar-refractivity contribution in [1.29, 1.82) is 0 Å². The van der Waals surface area contributed by atoms with Gasteiger partial charge in [-0.1, -0.05) is 30.3 Å². The van der Waals surface area contributed by atoms with Crippen LogP contribution in [-0.4, -0.2) is 56.1 Å². The van der Waals surface area contributed by atoms with Crippen LogP contribution in [0.5, 0.6) is 0 Å². The van der Waals surface area contributed by atoms with E-state index in [1.807, 2.05) is 0 Å². The molecule has 1 heterocycles. The van der Waals surface area contributed by atoms with Crippen LogP contribution in [0.1, 0.15) is 18.4 Å². The number of hydrogen-bond acceptors (Lipinski definition) is 3. The minimum atomic E-state index is 0.230. The Kier molecular flexibility index (Phi) is 6.02. The fourth-order valence-corrected chi connectivity index (χ4v) is 3.14. The van der Waals surface area contributed by atoms with E-state index >= 15 is 0 Å². The predicted octanol–water partition coefficient (Wildman–Crippen LogP) is 1.83. The predicted molar refractivity (Wildman–Crippen MR) is 85.8 cm³/mol. The number of rotatable bonds is 6. The molecule has 3 heteroatoms. The van der Waals surface area contributed by atoms with Crippen molar-refractivity contribution in [2.24, 2.45) is 11.7 Å². The molecule has 1 saturated heterocycles. The normalized spacial score (nSPS) is 19.4. The highest BCUT2D eigenvalue weighted by atomic mass is 15.1. The first kappa shape index (κ1) is 15.5. The molecule has 0 radical (unpaired) electrons. The molecular formula is C17H29N3. The van der Waals surface area contributed by atoms with Gasteiger partial charge >= 0.3 is 0 Å². The standard InChI is InChI=1S/C17H29N3/c1-19-10-8-16(9-11-19)13-20(2)14-17(18)12-15-6-4-3-5-7-15/h3-7,16-17H,8-14,18H2,1-2H3. The third-order valence-corrected chi connectivity index (χ3v) is 4.29. The molecule has 2 N–H and O–H groups in total. The highest BCUT2D eigenvalue weighted by Crippen LogP contribution is 2.16. The zero-order valence-corrected chi connectivity index (χ0v) is 13.0. The van der Waals surface area contributed by atoms with Crippen LogP contribution in [0, 0.1) is 5.92 Å². The van der Waals surface area contributed by atoms with Crippen LogP contribution >= 0.6 is 0 Å². The Labute approximate surface area is 123 Å². The van der Waals surface area contributed by atoms with Gasteiger partial charge in [-0.25, -0.2) is 0 Å². The maximum atomic E-state index is 6.28. The Morgan fingerprint density at radius 2 is 1.90 bits per heavy atom. The van der Waals surface area contributed by atoms with Crippen LogP contribution in [-0.2, 0) is 6.42 Å². The van der Waals surface area contributed by atoms with Crippen molar-refractivity contribution in [3.05, 3.63) is 35.9 Å². The average molecular weight is 275 g/mol. The van der Waals surface area contributed by atoms with Crippen LogP contribution in [0.25, 0.3) is 0 Å². The molecule has 0 saturated carbocycles. The zero-order valence-electron chi connectivity index (χ0n) is 13.0. The van der Waals surface area contributed by atoms with E-state index in [0.717, 1.165) is 18.9 Å². The fourth-order valence-electron chi connectivity index (χ4n) is 3.14. The van der Waals surface area contributed by atoms with Gasteiger partial charge in [-0.3, -0.25) is 0 Å². The number of piperidine rings is 1. The van der Waals surface area contributed by atoms with Crippen molar-refractivity contribution in [2.45, 2.75) is 25.3 Å². The highest BCUT2D eigenvalue weighted by Gasteiger charge is 2.18. The Balaban J connectivity index is 1.69. The van der Waals surface area contributed by atoms with E-state index in [4.69, 9.17) is 5.73 Å². The number of hydrogen-bond donors (Lipinski definition) is 1. The van der Waals surface area contributed by atoms with E-state index in [2.05, 4.69) is 54.2 Å². The van der Waals surface area contributed by atoms with Gasteiger partial charge in [0.1, 0.15) is 0 Å². The Morgan fingerprint density at radius 1 is 1.25 bits per heavy atom. The van der Waals surface area contributed by atoms with Gasteiger partial charge in [-0.2, -0.15) is 0 Å². The van der Waals surface area contributed by atoms with Crippen LogP contribution in [0.15, 0.2) is 30.3 Å². The molecular weight excluding hydrogens is 246 g/mol. The number of nitrogens with zero attached hydrogens (tertiary/aromatic N) is 2. The topological polar surface area (TPSA) is 32.5 Å². The summed E-state index contributed by atoms with van der Waals surface area (Å²) in [6.45, 7) is 4.67. The van der Waals surface area contributed by atoms with Crippen LogP contribution in [0.3, 0.4) is 0 Å². The summed E-state index contributed by atoms with van der Waals surface area (Å²) in [5, 5.41) is 0. The summed E-state index contributed by atoms with van der Waals surface area (Å²) in [6.07, 6.45) is 3.63. The minimum Gasteiger partial charge on any atom is -0.326 e. The number of likely N-dealkylation sites (tertiary alicyclic amines) is 1. The number of benzene rings is 1. The SMILES string of the molecule is CN1CCC(CN(C)CC(N)Cc2ccccc2)CC1.